The van der Waals surface area contributed by atoms with E-state index < -0.39 is 0 Å². The van der Waals surface area contributed by atoms with Gasteiger partial charge in [-0.25, -0.2) is 9.97 Å². The molecule has 0 radical (unpaired) electrons. The summed E-state index contributed by atoms with van der Waals surface area (Å²) in [5.74, 6) is 0. The molecule has 0 bridgehead atoms. The third-order valence-electron chi connectivity index (χ3n) is 4.34. The topological polar surface area (TPSA) is 70.0 Å². The quantitative estimate of drug-likeness (QED) is 0.391. The Morgan fingerprint density at radius 1 is 0.500 bits per heavy atom. The van der Waals surface area contributed by atoms with Crippen LogP contribution in [0.5, 0.6) is 0 Å². The molecule has 0 saturated heterocycles. The van der Waals surface area contributed by atoms with E-state index in [4.69, 9.17) is 9.47 Å². The smallest absolute Gasteiger partial charge is 0.0890 e. The van der Waals surface area contributed by atoms with Gasteiger partial charge in [0.1, 0.15) is 0 Å². The summed E-state index contributed by atoms with van der Waals surface area (Å²) in [4.78, 5) is 17.9. The molecular formula is C24H22N4O2. The van der Waals surface area contributed by atoms with Crippen LogP contribution in [0.15, 0.2) is 85.2 Å². The Hall–Kier alpha value is -3.48. The average molecular weight is 398 g/mol. The molecule has 6 heteroatoms. The van der Waals surface area contributed by atoms with E-state index in [1.165, 1.54) is 0 Å². The SMILES string of the molecule is c1ccc(-c2cccc(COCCOCc3cccc(-c4ccccn4)n3)n2)nc1. The van der Waals surface area contributed by atoms with Crippen LogP contribution < -0.4 is 0 Å². The zero-order chi connectivity index (χ0) is 20.4. The van der Waals surface area contributed by atoms with Crippen molar-refractivity contribution >= 4 is 0 Å². The normalized spacial score (nSPS) is 10.8. The van der Waals surface area contributed by atoms with E-state index in [2.05, 4.69) is 19.9 Å². The van der Waals surface area contributed by atoms with Crippen molar-refractivity contribution in [2.45, 2.75) is 13.2 Å². The number of rotatable bonds is 9. The maximum Gasteiger partial charge on any atom is 0.0890 e. The molecular weight excluding hydrogens is 376 g/mol. The van der Waals surface area contributed by atoms with Crippen molar-refractivity contribution < 1.29 is 9.47 Å². The Labute approximate surface area is 175 Å². The fourth-order valence-corrected chi connectivity index (χ4v) is 2.91. The molecule has 150 valence electrons. The summed E-state index contributed by atoms with van der Waals surface area (Å²) in [5.41, 5.74) is 5.11. The zero-order valence-corrected chi connectivity index (χ0v) is 16.5. The van der Waals surface area contributed by atoms with Crippen LogP contribution in [0.2, 0.25) is 0 Å². The lowest BCUT2D eigenvalue weighted by molar-refractivity contribution is 0.0319. The minimum Gasteiger partial charge on any atom is -0.373 e. The maximum absolute atomic E-state index is 5.70. The van der Waals surface area contributed by atoms with Gasteiger partial charge in [0.05, 0.1) is 60.6 Å². The van der Waals surface area contributed by atoms with E-state index in [0.717, 1.165) is 34.2 Å². The molecule has 0 fully saturated rings. The first kappa shape index (κ1) is 19.8. The molecule has 6 nitrogen and oxygen atoms in total. The molecule has 4 heterocycles. The summed E-state index contributed by atoms with van der Waals surface area (Å²) in [7, 11) is 0. The Morgan fingerprint density at radius 3 is 1.40 bits per heavy atom. The second-order valence-corrected chi connectivity index (χ2v) is 6.56. The number of nitrogens with zero attached hydrogens (tertiary/aromatic N) is 4. The van der Waals surface area contributed by atoms with Crippen molar-refractivity contribution in [2.75, 3.05) is 13.2 Å². The Bertz CT molecular complexity index is 972. The molecule has 0 aliphatic rings. The first-order valence-electron chi connectivity index (χ1n) is 9.79. The Morgan fingerprint density at radius 2 is 0.967 bits per heavy atom. The van der Waals surface area contributed by atoms with Crippen molar-refractivity contribution in [3.8, 4) is 22.8 Å². The number of hydrogen-bond donors (Lipinski definition) is 0. The van der Waals surface area contributed by atoms with Crippen LogP contribution in [0.1, 0.15) is 11.4 Å². The molecule has 0 amide bonds. The second-order valence-electron chi connectivity index (χ2n) is 6.56. The molecule has 0 N–H and O–H groups in total. The second kappa shape index (κ2) is 10.3. The van der Waals surface area contributed by atoms with Gasteiger partial charge in [-0.2, -0.15) is 0 Å². The summed E-state index contributed by atoms with van der Waals surface area (Å²) < 4.78 is 11.4. The van der Waals surface area contributed by atoms with Crippen LogP contribution in [0.25, 0.3) is 22.8 Å². The molecule has 0 aliphatic heterocycles. The van der Waals surface area contributed by atoms with Gasteiger partial charge in [0.15, 0.2) is 0 Å². The lowest BCUT2D eigenvalue weighted by Gasteiger charge is -2.07. The summed E-state index contributed by atoms with van der Waals surface area (Å²) in [6.45, 7) is 1.82. The van der Waals surface area contributed by atoms with Gasteiger partial charge in [-0.05, 0) is 48.5 Å². The molecule has 30 heavy (non-hydrogen) atoms. The predicted molar refractivity (Wildman–Crippen MR) is 114 cm³/mol. The highest BCUT2D eigenvalue weighted by Gasteiger charge is 2.04. The van der Waals surface area contributed by atoms with Crippen molar-refractivity contribution in [3.05, 3.63) is 96.6 Å². The van der Waals surface area contributed by atoms with Crippen LogP contribution >= 0.6 is 0 Å². The molecule has 4 rings (SSSR count). The van der Waals surface area contributed by atoms with Crippen LogP contribution in [0.4, 0.5) is 0 Å². The summed E-state index contributed by atoms with van der Waals surface area (Å²) >= 11 is 0. The molecule has 0 aliphatic carbocycles. The van der Waals surface area contributed by atoms with Gasteiger partial charge < -0.3 is 9.47 Å². The standard InChI is InChI=1S/C24H22N4O2/c1-3-13-25-21(9-1)23-11-5-7-19(27-23)17-29-15-16-30-18-20-8-6-12-24(28-20)22-10-2-4-14-26-22/h1-14H,15-18H2. The van der Waals surface area contributed by atoms with Gasteiger partial charge in [0, 0.05) is 12.4 Å². The van der Waals surface area contributed by atoms with Gasteiger partial charge in [-0.15, -0.1) is 0 Å². The molecule has 4 aromatic rings. The highest BCUT2D eigenvalue weighted by atomic mass is 16.5. The van der Waals surface area contributed by atoms with Crippen LogP contribution in [0.3, 0.4) is 0 Å². The highest BCUT2D eigenvalue weighted by Crippen LogP contribution is 2.15. The molecule has 4 aromatic heterocycles. The first-order chi connectivity index (χ1) is 14.9. The fourth-order valence-electron chi connectivity index (χ4n) is 2.91. The van der Waals surface area contributed by atoms with E-state index >= 15 is 0 Å². The monoisotopic (exact) mass is 398 g/mol. The lowest BCUT2D eigenvalue weighted by atomic mass is 10.2. The molecule has 0 unspecified atom stereocenters. The average Bonchev–Trinajstić information content (AvgIpc) is 2.83. The maximum atomic E-state index is 5.70. The van der Waals surface area contributed by atoms with Crippen molar-refractivity contribution in [1.29, 1.82) is 0 Å². The van der Waals surface area contributed by atoms with Crippen molar-refractivity contribution in [3.63, 3.8) is 0 Å². The lowest BCUT2D eigenvalue weighted by Crippen LogP contribution is -2.06. The predicted octanol–water partition coefficient (Wildman–Crippen LogP) is 4.33. The van der Waals surface area contributed by atoms with E-state index in [9.17, 15) is 0 Å². The van der Waals surface area contributed by atoms with Gasteiger partial charge >= 0.3 is 0 Å². The van der Waals surface area contributed by atoms with Crippen LogP contribution in [-0.2, 0) is 22.7 Å². The van der Waals surface area contributed by atoms with Gasteiger partial charge in [0.25, 0.3) is 0 Å². The molecule has 0 saturated carbocycles. The van der Waals surface area contributed by atoms with E-state index in [0.29, 0.717) is 26.4 Å². The third-order valence-corrected chi connectivity index (χ3v) is 4.34. The minimum absolute atomic E-state index is 0.428. The van der Waals surface area contributed by atoms with Crippen molar-refractivity contribution in [1.82, 2.24) is 19.9 Å². The number of pyridine rings is 4. The van der Waals surface area contributed by atoms with Gasteiger partial charge in [-0.3, -0.25) is 9.97 Å². The fraction of sp³-hybridized carbons (Fsp3) is 0.167. The number of aromatic nitrogens is 4. The van der Waals surface area contributed by atoms with Crippen molar-refractivity contribution in [2.24, 2.45) is 0 Å². The van der Waals surface area contributed by atoms with Gasteiger partial charge in [0.2, 0.25) is 0 Å². The third kappa shape index (κ3) is 5.53. The summed E-state index contributed by atoms with van der Waals surface area (Å²) in [6, 6.07) is 23.3. The molecule has 0 spiro atoms. The Balaban J connectivity index is 1.21. The minimum atomic E-state index is 0.428. The number of ether oxygens (including phenoxy) is 2. The number of hydrogen-bond acceptors (Lipinski definition) is 6. The van der Waals surface area contributed by atoms with E-state index in [1.54, 1.807) is 12.4 Å². The zero-order valence-electron chi connectivity index (χ0n) is 16.5. The summed E-state index contributed by atoms with van der Waals surface area (Å²) in [6.07, 6.45) is 3.52. The van der Waals surface area contributed by atoms with E-state index in [-0.39, 0.29) is 0 Å². The van der Waals surface area contributed by atoms with E-state index in [1.807, 2.05) is 72.8 Å². The molecule has 0 aromatic carbocycles. The largest absolute Gasteiger partial charge is 0.373 e. The molecule has 0 atom stereocenters. The van der Waals surface area contributed by atoms with Crippen LogP contribution in [-0.4, -0.2) is 33.1 Å². The van der Waals surface area contributed by atoms with Gasteiger partial charge in [-0.1, -0.05) is 24.3 Å². The summed E-state index contributed by atoms with van der Waals surface area (Å²) in [5, 5.41) is 0. The first-order valence-corrected chi connectivity index (χ1v) is 9.79. The highest BCUT2D eigenvalue weighted by molar-refractivity contribution is 5.54. The Kier molecular flexibility index (Phi) is 6.83. The van der Waals surface area contributed by atoms with Crippen LogP contribution in [0, 0.1) is 0 Å².